The lowest BCUT2D eigenvalue weighted by Crippen LogP contribution is -2.62. The van der Waals surface area contributed by atoms with Gasteiger partial charge in [-0.1, -0.05) is 174 Å². The summed E-state index contributed by atoms with van der Waals surface area (Å²) in [6.07, 6.45) is 38.3. The van der Waals surface area contributed by atoms with Crippen molar-refractivity contribution in [1.82, 2.24) is 5.06 Å². The number of carbonyl (C=O) groups excluding carboxylic acids is 1. The number of rotatable bonds is 34. The minimum atomic E-state index is -0.347. The van der Waals surface area contributed by atoms with Crippen LogP contribution in [0.25, 0.3) is 0 Å². The lowest BCUT2D eigenvalue weighted by Gasteiger charge is -2.53. The predicted molar refractivity (Wildman–Crippen MR) is 216 cm³/mol. The number of nitrogens with zero attached hydrogens (tertiary/aromatic N) is 1. The standard InChI is InChI=1S/C45H89NO4/c1-9-11-13-15-17-19-21-23-25-27-29-31-33-35-37-48-45(7,8)40-49-46-43(3,4)38-41(39-44(46,5)6)50-42(47)36-34-32-30-28-26-24-22-20-18-16-14-12-10-2/h41H,9-40H2,1-8H3. The number of esters is 1. The van der Waals surface area contributed by atoms with E-state index in [1.54, 1.807) is 0 Å². The maximum absolute atomic E-state index is 12.8. The van der Waals surface area contributed by atoms with Crippen LogP contribution in [0, 0.1) is 0 Å². The smallest absolute Gasteiger partial charge is 0.306 e. The lowest BCUT2D eigenvalue weighted by atomic mass is 9.80. The van der Waals surface area contributed by atoms with Crippen LogP contribution in [0.4, 0.5) is 0 Å². The predicted octanol–water partition coefficient (Wildman–Crippen LogP) is 14.2. The van der Waals surface area contributed by atoms with E-state index in [1.165, 1.54) is 154 Å². The molecule has 298 valence electrons. The van der Waals surface area contributed by atoms with Gasteiger partial charge in [-0.2, -0.15) is 5.06 Å². The molecular weight excluding hydrogens is 618 g/mol. The molecule has 0 aromatic carbocycles. The van der Waals surface area contributed by atoms with Gasteiger partial charge in [-0.05, 0) is 54.4 Å². The van der Waals surface area contributed by atoms with E-state index in [0.29, 0.717) is 13.0 Å². The van der Waals surface area contributed by atoms with Crippen molar-refractivity contribution in [1.29, 1.82) is 0 Å². The molecule has 0 bridgehead atoms. The van der Waals surface area contributed by atoms with Crippen LogP contribution < -0.4 is 0 Å². The van der Waals surface area contributed by atoms with Crippen LogP contribution in [0.15, 0.2) is 0 Å². The van der Waals surface area contributed by atoms with Gasteiger partial charge in [0.15, 0.2) is 0 Å². The molecule has 5 heteroatoms. The van der Waals surface area contributed by atoms with E-state index >= 15 is 0 Å². The zero-order valence-electron chi connectivity index (χ0n) is 35.3. The Kier molecular flexibility index (Phi) is 27.3. The molecule has 0 amide bonds. The Labute approximate surface area is 313 Å². The third kappa shape index (κ3) is 24.6. The van der Waals surface area contributed by atoms with Crippen molar-refractivity contribution in [3.8, 4) is 0 Å². The highest BCUT2D eigenvalue weighted by Crippen LogP contribution is 2.40. The molecule has 50 heavy (non-hydrogen) atoms. The van der Waals surface area contributed by atoms with Gasteiger partial charge in [-0.3, -0.25) is 9.63 Å². The fraction of sp³-hybridized carbons (Fsp3) is 0.978. The van der Waals surface area contributed by atoms with Gasteiger partial charge in [0.2, 0.25) is 0 Å². The molecule has 1 aliphatic rings. The fourth-order valence-corrected chi connectivity index (χ4v) is 8.04. The monoisotopic (exact) mass is 708 g/mol. The summed E-state index contributed by atoms with van der Waals surface area (Å²) in [5, 5.41) is 2.16. The molecule has 0 atom stereocenters. The van der Waals surface area contributed by atoms with Crippen molar-refractivity contribution in [2.24, 2.45) is 0 Å². The molecule has 5 nitrogen and oxygen atoms in total. The van der Waals surface area contributed by atoms with Crippen molar-refractivity contribution < 1.29 is 19.1 Å². The average molecular weight is 708 g/mol. The Balaban J connectivity index is 2.16. The summed E-state index contributed by atoms with van der Waals surface area (Å²) in [7, 11) is 0. The molecule has 1 rings (SSSR count). The largest absolute Gasteiger partial charge is 0.462 e. The molecule has 1 fully saturated rings. The van der Waals surface area contributed by atoms with Gasteiger partial charge in [-0.15, -0.1) is 0 Å². The number of piperidine rings is 1. The Hall–Kier alpha value is -0.650. The summed E-state index contributed by atoms with van der Waals surface area (Å²) < 4.78 is 12.4. The van der Waals surface area contributed by atoms with E-state index in [2.05, 4.69) is 60.5 Å². The van der Waals surface area contributed by atoms with E-state index in [-0.39, 0.29) is 28.8 Å². The average Bonchev–Trinajstić information content (AvgIpc) is 3.03. The summed E-state index contributed by atoms with van der Waals surface area (Å²) in [4.78, 5) is 19.3. The first kappa shape index (κ1) is 47.4. The molecule has 0 aromatic rings. The second kappa shape index (κ2) is 28.8. The molecule has 0 unspecified atom stereocenters. The summed E-state index contributed by atoms with van der Waals surface area (Å²) in [5.41, 5.74) is -0.834. The third-order valence-corrected chi connectivity index (χ3v) is 10.9. The summed E-state index contributed by atoms with van der Waals surface area (Å²) in [6.45, 7) is 19.0. The minimum Gasteiger partial charge on any atom is -0.462 e. The van der Waals surface area contributed by atoms with Gasteiger partial charge >= 0.3 is 5.97 Å². The Bertz CT molecular complexity index is 776. The van der Waals surface area contributed by atoms with Gasteiger partial charge in [-0.25, -0.2) is 0 Å². The van der Waals surface area contributed by atoms with Gasteiger partial charge in [0, 0.05) is 36.9 Å². The molecular formula is C45H89NO4. The Morgan fingerprint density at radius 3 is 1.28 bits per heavy atom. The highest BCUT2D eigenvalue weighted by atomic mass is 16.7. The summed E-state index contributed by atoms with van der Waals surface area (Å²) in [5.74, 6) is -0.0305. The number of ether oxygens (including phenoxy) is 2. The maximum atomic E-state index is 12.8. The Morgan fingerprint density at radius 1 is 0.560 bits per heavy atom. The first-order valence-electron chi connectivity index (χ1n) is 22.2. The fourth-order valence-electron chi connectivity index (χ4n) is 8.04. The number of carbonyl (C=O) groups is 1. The molecule has 0 spiro atoms. The second-order valence-electron chi connectivity index (χ2n) is 17.9. The molecule has 1 aliphatic heterocycles. The summed E-state index contributed by atoms with van der Waals surface area (Å²) in [6, 6.07) is 0. The summed E-state index contributed by atoms with van der Waals surface area (Å²) >= 11 is 0. The highest BCUT2D eigenvalue weighted by molar-refractivity contribution is 5.69. The topological polar surface area (TPSA) is 48.0 Å². The van der Waals surface area contributed by atoms with Crippen LogP contribution in [-0.4, -0.2) is 47.0 Å². The zero-order valence-corrected chi connectivity index (χ0v) is 35.3. The van der Waals surface area contributed by atoms with Gasteiger partial charge in [0.05, 0.1) is 12.2 Å². The van der Waals surface area contributed by atoms with E-state index in [4.69, 9.17) is 14.3 Å². The van der Waals surface area contributed by atoms with Crippen molar-refractivity contribution in [3.05, 3.63) is 0 Å². The molecule has 0 saturated carbocycles. The number of unbranched alkanes of at least 4 members (excludes halogenated alkanes) is 25. The van der Waals surface area contributed by atoms with Crippen molar-refractivity contribution in [2.75, 3.05) is 13.2 Å². The molecule has 1 saturated heterocycles. The van der Waals surface area contributed by atoms with Crippen LogP contribution in [0.2, 0.25) is 0 Å². The molecule has 1 heterocycles. The van der Waals surface area contributed by atoms with Crippen molar-refractivity contribution in [2.45, 2.75) is 271 Å². The lowest BCUT2D eigenvalue weighted by molar-refractivity contribution is -0.309. The van der Waals surface area contributed by atoms with E-state index in [0.717, 1.165) is 38.7 Å². The van der Waals surface area contributed by atoms with E-state index < -0.39 is 0 Å². The van der Waals surface area contributed by atoms with Crippen molar-refractivity contribution in [3.63, 3.8) is 0 Å². The minimum absolute atomic E-state index is 0.0305. The van der Waals surface area contributed by atoms with Gasteiger partial charge in [0.1, 0.15) is 6.10 Å². The number of hydrogen-bond acceptors (Lipinski definition) is 5. The second-order valence-corrected chi connectivity index (χ2v) is 17.9. The third-order valence-electron chi connectivity index (χ3n) is 10.9. The molecule has 0 aliphatic carbocycles. The maximum Gasteiger partial charge on any atom is 0.306 e. The quantitative estimate of drug-likeness (QED) is 0.0492. The molecule has 0 N–H and O–H groups in total. The van der Waals surface area contributed by atoms with Gasteiger partial charge in [0.25, 0.3) is 0 Å². The number of hydroxylamine groups is 2. The van der Waals surface area contributed by atoms with Crippen LogP contribution >= 0.6 is 0 Å². The van der Waals surface area contributed by atoms with Crippen LogP contribution in [-0.2, 0) is 19.1 Å². The van der Waals surface area contributed by atoms with Crippen LogP contribution in [0.3, 0.4) is 0 Å². The first-order chi connectivity index (χ1) is 23.9. The number of hydrogen-bond donors (Lipinski definition) is 0. The zero-order chi connectivity index (χ0) is 37.0. The van der Waals surface area contributed by atoms with Gasteiger partial charge < -0.3 is 9.47 Å². The highest BCUT2D eigenvalue weighted by Gasteiger charge is 2.48. The van der Waals surface area contributed by atoms with E-state index in [1.807, 2.05) is 0 Å². The molecule has 0 radical (unpaired) electrons. The normalized spacial score (nSPS) is 16.6. The van der Waals surface area contributed by atoms with Crippen LogP contribution in [0.1, 0.15) is 248 Å². The molecule has 0 aromatic heterocycles. The Morgan fingerprint density at radius 2 is 0.900 bits per heavy atom. The SMILES string of the molecule is CCCCCCCCCCCCCCCCOC(C)(C)CON1C(C)(C)CC(OC(=O)CCCCCCCCCCCCCCC)CC1(C)C. The first-order valence-corrected chi connectivity index (χ1v) is 22.2. The van der Waals surface area contributed by atoms with Crippen molar-refractivity contribution >= 4 is 5.97 Å². The van der Waals surface area contributed by atoms with Crippen LogP contribution in [0.5, 0.6) is 0 Å². The van der Waals surface area contributed by atoms with E-state index in [9.17, 15) is 4.79 Å².